The van der Waals surface area contributed by atoms with Crippen molar-refractivity contribution in [1.29, 1.82) is 0 Å². The smallest absolute Gasteiger partial charge is 0.181 e. The van der Waals surface area contributed by atoms with Crippen LogP contribution < -0.4 is 10.6 Å². The maximum Gasteiger partial charge on any atom is 0.181 e. The number of nitrogens with two attached hydrogens (primary N) is 1. The van der Waals surface area contributed by atoms with Crippen LogP contribution in [0.1, 0.15) is 13.3 Å². The number of aliphatic hydroxyl groups is 1. The van der Waals surface area contributed by atoms with Gasteiger partial charge in [-0.1, -0.05) is 0 Å². The van der Waals surface area contributed by atoms with E-state index in [0.717, 1.165) is 33.5 Å². The van der Waals surface area contributed by atoms with E-state index < -0.39 is 6.10 Å². The van der Waals surface area contributed by atoms with Crippen LogP contribution in [0, 0.1) is 0 Å². The summed E-state index contributed by atoms with van der Waals surface area (Å²) < 4.78 is 0. The molecule has 0 saturated carbocycles. The molecule has 0 spiro atoms. The first kappa shape index (κ1) is 17.4. The normalized spacial score (nSPS) is 12.7. The Morgan fingerprint density at radius 2 is 2.19 bits per heavy atom. The van der Waals surface area contributed by atoms with E-state index in [1.54, 1.807) is 19.3 Å². The minimum Gasteiger partial charge on any atom is -0.393 e. The minimum atomic E-state index is -0.395. The van der Waals surface area contributed by atoms with Crippen LogP contribution in [0.4, 0.5) is 5.82 Å². The minimum absolute atomic E-state index is 0.395. The van der Waals surface area contributed by atoms with Crippen LogP contribution in [0.5, 0.6) is 0 Å². The number of aliphatic hydroxyl groups excluding tert-OH is 1. The molecule has 5 N–H and O–H groups in total. The first-order valence-corrected chi connectivity index (χ1v) is 8.94. The average Bonchev–Trinajstić information content (AvgIpc) is 3.30. The van der Waals surface area contributed by atoms with E-state index in [9.17, 15) is 5.11 Å². The van der Waals surface area contributed by atoms with Crippen LogP contribution in [0.15, 0.2) is 30.6 Å². The van der Waals surface area contributed by atoms with Gasteiger partial charge < -0.3 is 15.7 Å². The second-order valence-corrected chi connectivity index (χ2v) is 6.55. The maximum absolute atomic E-state index is 9.69. The van der Waals surface area contributed by atoms with Crippen molar-refractivity contribution >= 4 is 27.8 Å². The molecule has 4 rings (SSSR count). The first-order chi connectivity index (χ1) is 13.2. The van der Waals surface area contributed by atoms with Crippen molar-refractivity contribution in [3.63, 3.8) is 0 Å². The highest BCUT2D eigenvalue weighted by Crippen LogP contribution is 2.30. The van der Waals surface area contributed by atoms with Crippen LogP contribution in [-0.4, -0.2) is 61.2 Å². The number of pyridine rings is 2. The number of rotatable bonds is 7. The number of nitrogens with one attached hydrogen (secondary N) is 2. The molecule has 0 aromatic carbocycles. The molecule has 0 aliphatic heterocycles. The molecule has 0 amide bonds. The van der Waals surface area contributed by atoms with Crippen molar-refractivity contribution in [3.8, 4) is 11.4 Å². The molecule has 0 bridgehead atoms. The van der Waals surface area contributed by atoms with Gasteiger partial charge in [-0.25, -0.2) is 9.97 Å². The zero-order chi connectivity index (χ0) is 18.8. The third-order valence-corrected chi connectivity index (χ3v) is 4.51. The van der Waals surface area contributed by atoms with Gasteiger partial charge >= 0.3 is 0 Å². The second-order valence-electron chi connectivity index (χ2n) is 6.55. The molecule has 0 saturated heterocycles. The summed E-state index contributed by atoms with van der Waals surface area (Å²) in [6.45, 7) is 3.53. The monoisotopic (exact) mass is 366 g/mol. The Morgan fingerprint density at radius 3 is 3.00 bits per heavy atom. The van der Waals surface area contributed by atoms with Crippen molar-refractivity contribution < 1.29 is 5.11 Å². The predicted octanol–water partition coefficient (Wildman–Crippen LogP) is 1.43. The van der Waals surface area contributed by atoms with Gasteiger partial charge in [-0.2, -0.15) is 10.2 Å². The molecule has 9 nitrogen and oxygen atoms in total. The maximum atomic E-state index is 9.69. The van der Waals surface area contributed by atoms with E-state index in [-0.39, 0.29) is 0 Å². The summed E-state index contributed by atoms with van der Waals surface area (Å²) in [6.07, 6.45) is 3.71. The fourth-order valence-electron chi connectivity index (χ4n) is 3.16. The van der Waals surface area contributed by atoms with Gasteiger partial charge in [0.25, 0.3) is 0 Å². The standard InChI is InChI=1S/C18H22N8O/c1-11(27)4-7-26(8-5-19)18-15-12(10-21-23-15)9-14(22-18)16-13-3-2-6-20-17(13)25-24-16/h2-3,6,9-11,27H,4-5,7-8,19H2,1H3,(H,21,23)(H,20,24,25). The fraction of sp³-hybridized carbons (Fsp3) is 0.333. The molecule has 0 radical (unpaired) electrons. The summed E-state index contributed by atoms with van der Waals surface area (Å²) in [5.41, 5.74) is 8.88. The molecule has 1 unspecified atom stereocenters. The van der Waals surface area contributed by atoms with E-state index in [4.69, 9.17) is 10.7 Å². The summed E-state index contributed by atoms with van der Waals surface area (Å²) in [7, 11) is 0. The van der Waals surface area contributed by atoms with Crippen LogP contribution in [0.25, 0.3) is 33.3 Å². The molecule has 140 valence electrons. The highest BCUT2D eigenvalue weighted by Gasteiger charge is 2.18. The predicted molar refractivity (Wildman–Crippen MR) is 104 cm³/mol. The summed E-state index contributed by atoms with van der Waals surface area (Å²) in [4.78, 5) is 11.2. The lowest BCUT2D eigenvalue weighted by Gasteiger charge is -2.24. The lowest BCUT2D eigenvalue weighted by Crippen LogP contribution is -2.32. The summed E-state index contributed by atoms with van der Waals surface area (Å²) in [5.74, 6) is 0.762. The topological polar surface area (TPSA) is 133 Å². The number of nitrogens with zero attached hydrogens (tertiary/aromatic N) is 5. The first-order valence-electron chi connectivity index (χ1n) is 8.94. The molecule has 0 aliphatic rings. The Kier molecular flexibility index (Phi) is 4.69. The van der Waals surface area contributed by atoms with Gasteiger partial charge in [0.2, 0.25) is 0 Å². The van der Waals surface area contributed by atoms with E-state index in [1.807, 2.05) is 18.2 Å². The number of hydrogen-bond donors (Lipinski definition) is 4. The van der Waals surface area contributed by atoms with E-state index >= 15 is 0 Å². The SMILES string of the molecule is CC(O)CCN(CCN)c1nc(-c2[nH]nc3ncccc23)cc2cn[nH]c12. The van der Waals surface area contributed by atoms with Crippen LogP contribution in [-0.2, 0) is 0 Å². The number of fused-ring (bicyclic) bond motifs is 2. The molecule has 9 heteroatoms. The molecule has 1 atom stereocenters. The number of aromatic amines is 2. The Bertz CT molecular complexity index is 1050. The second kappa shape index (κ2) is 7.29. The molecule has 0 aliphatic carbocycles. The van der Waals surface area contributed by atoms with Crippen LogP contribution in [0.2, 0.25) is 0 Å². The van der Waals surface area contributed by atoms with Gasteiger partial charge in [0.1, 0.15) is 5.52 Å². The average molecular weight is 366 g/mol. The number of H-pyrrole nitrogens is 2. The van der Waals surface area contributed by atoms with Crippen LogP contribution >= 0.6 is 0 Å². The zero-order valence-electron chi connectivity index (χ0n) is 15.1. The molecular weight excluding hydrogens is 344 g/mol. The highest BCUT2D eigenvalue weighted by atomic mass is 16.3. The van der Waals surface area contributed by atoms with E-state index in [2.05, 4.69) is 30.3 Å². The van der Waals surface area contributed by atoms with Crippen molar-refractivity contribution in [2.45, 2.75) is 19.4 Å². The van der Waals surface area contributed by atoms with Gasteiger partial charge in [-0.15, -0.1) is 0 Å². The Balaban J connectivity index is 1.84. The van der Waals surface area contributed by atoms with Gasteiger partial charge in [0.15, 0.2) is 11.5 Å². The fourth-order valence-corrected chi connectivity index (χ4v) is 3.16. The largest absolute Gasteiger partial charge is 0.393 e. The summed E-state index contributed by atoms with van der Waals surface area (Å²) in [5, 5.41) is 26.1. The molecule has 4 heterocycles. The molecule has 0 fully saturated rings. The van der Waals surface area contributed by atoms with Crippen molar-refractivity contribution in [1.82, 2.24) is 30.4 Å². The number of anilines is 1. The van der Waals surface area contributed by atoms with Gasteiger partial charge in [0, 0.05) is 36.6 Å². The van der Waals surface area contributed by atoms with E-state index in [1.165, 1.54) is 0 Å². The highest BCUT2D eigenvalue weighted by molar-refractivity contribution is 5.95. The Labute approximate surface area is 155 Å². The third kappa shape index (κ3) is 3.34. The number of hydrogen-bond acceptors (Lipinski definition) is 7. The van der Waals surface area contributed by atoms with Crippen molar-refractivity contribution in [3.05, 3.63) is 30.6 Å². The van der Waals surface area contributed by atoms with Crippen LogP contribution in [0.3, 0.4) is 0 Å². The summed E-state index contributed by atoms with van der Waals surface area (Å²) in [6, 6.07) is 5.81. The Hall–Kier alpha value is -3.04. The molecule has 4 aromatic rings. The molecule has 27 heavy (non-hydrogen) atoms. The van der Waals surface area contributed by atoms with Gasteiger partial charge in [-0.3, -0.25) is 10.2 Å². The number of aromatic nitrogens is 6. The Morgan fingerprint density at radius 1 is 1.30 bits per heavy atom. The van der Waals surface area contributed by atoms with Gasteiger partial charge in [-0.05, 0) is 31.5 Å². The van der Waals surface area contributed by atoms with Crippen molar-refractivity contribution in [2.24, 2.45) is 5.73 Å². The lowest BCUT2D eigenvalue weighted by molar-refractivity contribution is 0.186. The molecule has 4 aromatic heterocycles. The third-order valence-electron chi connectivity index (χ3n) is 4.51. The zero-order valence-corrected chi connectivity index (χ0v) is 15.1. The van der Waals surface area contributed by atoms with E-state index in [0.29, 0.717) is 31.7 Å². The lowest BCUT2D eigenvalue weighted by atomic mass is 10.1. The van der Waals surface area contributed by atoms with Gasteiger partial charge in [0.05, 0.1) is 23.7 Å². The van der Waals surface area contributed by atoms with Crippen molar-refractivity contribution in [2.75, 3.05) is 24.5 Å². The summed E-state index contributed by atoms with van der Waals surface area (Å²) >= 11 is 0. The molecular formula is C18H22N8O. The quantitative estimate of drug-likeness (QED) is 0.389.